The third-order valence-electron chi connectivity index (χ3n) is 2.09. The van der Waals surface area contributed by atoms with Crippen LogP contribution in [0.3, 0.4) is 0 Å². The quantitative estimate of drug-likeness (QED) is 0.437. The maximum Gasteiger partial charge on any atom is 0.327 e. The predicted octanol–water partition coefficient (Wildman–Crippen LogP) is 0.614. The molecule has 0 bridgehead atoms. The fraction of sp³-hybridized carbons (Fsp3) is 0.667. The van der Waals surface area contributed by atoms with Gasteiger partial charge in [0.15, 0.2) is 0 Å². The lowest BCUT2D eigenvalue weighted by atomic mass is 10.0. The highest BCUT2D eigenvalue weighted by molar-refractivity contribution is 7.99. The second-order valence-corrected chi connectivity index (χ2v) is 5.39. The van der Waals surface area contributed by atoms with Gasteiger partial charge in [-0.2, -0.15) is 0 Å². The summed E-state index contributed by atoms with van der Waals surface area (Å²) in [6.07, 6.45) is -0.716. The molecule has 0 aliphatic heterocycles. The SMILES string of the molecule is CC(C)(SN=O)[C@@H](NC(=O)CCC(=O)O)C(=O)O. The molecule has 0 aliphatic rings. The summed E-state index contributed by atoms with van der Waals surface area (Å²) in [4.78, 5) is 42.8. The van der Waals surface area contributed by atoms with Crippen molar-refractivity contribution >= 4 is 29.8 Å². The van der Waals surface area contributed by atoms with Crippen molar-refractivity contribution < 1.29 is 24.6 Å². The number of hydrogen-bond donors (Lipinski definition) is 3. The van der Waals surface area contributed by atoms with Gasteiger partial charge >= 0.3 is 11.9 Å². The van der Waals surface area contributed by atoms with Crippen LogP contribution in [-0.4, -0.2) is 38.8 Å². The van der Waals surface area contributed by atoms with Crippen LogP contribution in [-0.2, 0) is 14.4 Å². The minimum Gasteiger partial charge on any atom is -0.481 e. The summed E-state index contributed by atoms with van der Waals surface area (Å²) in [6, 6.07) is -1.33. The maximum absolute atomic E-state index is 11.4. The molecular formula is C9H14N2O6S. The van der Waals surface area contributed by atoms with Crippen LogP contribution in [0.1, 0.15) is 26.7 Å². The zero-order chi connectivity index (χ0) is 14.3. The third kappa shape index (κ3) is 5.62. The summed E-state index contributed by atoms with van der Waals surface area (Å²) in [5, 5.41) is 19.5. The number of carboxylic acid groups (broad SMARTS) is 2. The molecule has 0 spiro atoms. The van der Waals surface area contributed by atoms with Crippen molar-refractivity contribution in [3.05, 3.63) is 4.91 Å². The number of nitroso groups, excluding NO2 is 1. The Labute approximate surface area is 107 Å². The van der Waals surface area contributed by atoms with Crippen LogP contribution >= 0.6 is 11.9 Å². The van der Waals surface area contributed by atoms with Crippen LogP contribution in [0.4, 0.5) is 0 Å². The second-order valence-electron chi connectivity index (χ2n) is 4.00. The summed E-state index contributed by atoms with van der Waals surface area (Å²) in [7, 11) is 0. The summed E-state index contributed by atoms with van der Waals surface area (Å²) in [5.74, 6) is -3.18. The van der Waals surface area contributed by atoms with Crippen molar-refractivity contribution in [3.8, 4) is 0 Å². The normalized spacial score (nSPS) is 12.6. The Morgan fingerprint density at radius 1 is 1.28 bits per heavy atom. The van der Waals surface area contributed by atoms with Crippen molar-refractivity contribution in [1.29, 1.82) is 0 Å². The first kappa shape index (κ1) is 16.4. The summed E-state index contributed by atoms with van der Waals surface area (Å²) < 4.78 is 1.42. The molecule has 102 valence electrons. The Kier molecular flexibility index (Phi) is 6.31. The van der Waals surface area contributed by atoms with Gasteiger partial charge < -0.3 is 15.5 Å². The minimum absolute atomic E-state index is 0.325. The van der Waals surface area contributed by atoms with Crippen molar-refractivity contribution in [3.63, 3.8) is 0 Å². The van der Waals surface area contributed by atoms with Crippen molar-refractivity contribution in [2.45, 2.75) is 37.5 Å². The van der Waals surface area contributed by atoms with Crippen molar-refractivity contribution in [1.82, 2.24) is 5.32 Å². The number of nitrogens with zero attached hydrogens (tertiary/aromatic N) is 1. The van der Waals surface area contributed by atoms with E-state index in [1.807, 2.05) is 0 Å². The number of carbonyl (C=O) groups is 3. The predicted molar refractivity (Wildman–Crippen MR) is 63.9 cm³/mol. The highest BCUT2D eigenvalue weighted by atomic mass is 32.2. The maximum atomic E-state index is 11.4. The van der Waals surface area contributed by atoms with E-state index in [4.69, 9.17) is 10.2 Å². The molecule has 0 radical (unpaired) electrons. The fourth-order valence-corrected chi connectivity index (χ4v) is 1.59. The first-order chi connectivity index (χ1) is 8.20. The monoisotopic (exact) mass is 278 g/mol. The van der Waals surface area contributed by atoms with Gasteiger partial charge in [-0.15, -0.1) is 4.91 Å². The minimum atomic E-state index is -1.33. The molecule has 0 aromatic heterocycles. The molecule has 0 aromatic rings. The summed E-state index contributed by atoms with van der Waals surface area (Å²) >= 11 is 0.494. The highest BCUT2D eigenvalue weighted by Gasteiger charge is 2.38. The van der Waals surface area contributed by atoms with Crippen LogP contribution in [0.15, 0.2) is 4.58 Å². The van der Waals surface area contributed by atoms with Gasteiger partial charge in [0.05, 0.1) is 11.2 Å². The number of amides is 1. The molecule has 0 heterocycles. The van der Waals surface area contributed by atoms with Gasteiger partial charge in [0.1, 0.15) is 6.04 Å². The molecule has 0 aliphatic carbocycles. The van der Waals surface area contributed by atoms with E-state index >= 15 is 0 Å². The number of aliphatic carboxylic acids is 2. The molecule has 9 heteroatoms. The molecule has 0 unspecified atom stereocenters. The number of carboxylic acids is 2. The van der Waals surface area contributed by atoms with Gasteiger partial charge in [-0.3, -0.25) is 9.59 Å². The van der Waals surface area contributed by atoms with Crippen molar-refractivity contribution in [2.24, 2.45) is 4.58 Å². The average Bonchev–Trinajstić information content (AvgIpc) is 2.22. The van der Waals surface area contributed by atoms with Crippen LogP contribution < -0.4 is 5.32 Å². The van der Waals surface area contributed by atoms with Gasteiger partial charge in [0.2, 0.25) is 5.91 Å². The van der Waals surface area contributed by atoms with Gasteiger partial charge in [-0.25, -0.2) is 4.79 Å². The van der Waals surface area contributed by atoms with Crippen LogP contribution in [0.2, 0.25) is 0 Å². The molecule has 0 rings (SSSR count). The molecule has 0 saturated heterocycles. The largest absolute Gasteiger partial charge is 0.481 e. The molecule has 1 atom stereocenters. The van der Waals surface area contributed by atoms with Gasteiger partial charge in [0, 0.05) is 23.0 Å². The molecule has 0 saturated carbocycles. The Morgan fingerprint density at radius 2 is 1.83 bits per heavy atom. The lowest BCUT2D eigenvalue weighted by Crippen LogP contribution is -2.52. The van der Waals surface area contributed by atoms with E-state index in [0.717, 1.165) is 0 Å². The zero-order valence-corrected chi connectivity index (χ0v) is 10.7. The number of carbonyl (C=O) groups excluding carboxylic acids is 1. The van der Waals surface area contributed by atoms with E-state index in [1.165, 1.54) is 13.8 Å². The first-order valence-electron chi connectivity index (χ1n) is 4.95. The summed E-state index contributed by atoms with van der Waals surface area (Å²) in [5.41, 5.74) is 0. The summed E-state index contributed by atoms with van der Waals surface area (Å²) in [6.45, 7) is 2.88. The van der Waals surface area contributed by atoms with E-state index in [-0.39, 0.29) is 6.42 Å². The fourth-order valence-electron chi connectivity index (χ4n) is 1.14. The molecule has 0 fully saturated rings. The number of hydrogen-bond acceptors (Lipinski definition) is 6. The average molecular weight is 278 g/mol. The molecule has 18 heavy (non-hydrogen) atoms. The Morgan fingerprint density at radius 3 is 2.22 bits per heavy atom. The van der Waals surface area contributed by atoms with Gasteiger partial charge in [0.25, 0.3) is 0 Å². The smallest absolute Gasteiger partial charge is 0.327 e. The number of rotatable bonds is 8. The molecule has 0 aromatic carbocycles. The van der Waals surface area contributed by atoms with Crippen LogP contribution in [0.5, 0.6) is 0 Å². The van der Waals surface area contributed by atoms with E-state index in [0.29, 0.717) is 11.9 Å². The van der Waals surface area contributed by atoms with Crippen molar-refractivity contribution in [2.75, 3.05) is 0 Å². The van der Waals surface area contributed by atoms with E-state index in [1.54, 1.807) is 0 Å². The topological polar surface area (TPSA) is 133 Å². The van der Waals surface area contributed by atoms with Gasteiger partial charge in [-0.1, -0.05) is 0 Å². The Hall–Kier alpha value is -1.64. The molecule has 3 N–H and O–H groups in total. The zero-order valence-electron chi connectivity index (χ0n) is 9.87. The lowest BCUT2D eigenvalue weighted by molar-refractivity contribution is -0.142. The number of nitrogens with one attached hydrogen (secondary N) is 1. The third-order valence-corrected chi connectivity index (χ3v) is 2.87. The van der Waals surface area contributed by atoms with E-state index < -0.39 is 35.1 Å². The first-order valence-corrected chi connectivity index (χ1v) is 5.73. The Bertz CT molecular complexity index is 357. The van der Waals surface area contributed by atoms with Crippen LogP contribution in [0.25, 0.3) is 0 Å². The van der Waals surface area contributed by atoms with Crippen LogP contribution in [0, 0.1) is 4.91 Å². The molecule has 1 amide bonds. The lowest BCUT2D eigenvalue weighted by Gasteiger charge is -2.27. The second kappa shape index (κ2) is 6.94. The standard InChI is InChI=1S/C9H14N2O6S/c1-9(2,18-11-17)7(8(15)16)10-5(12)3-4-6(13)14/h7H,3-4H2,1-2H3,(H,10,12)(H,13,14)(H,15,16)/t7-/m0/s1. The highest BCUT2D eigenvalue weighted by Crippen LogP contribution is 2.29. The van der Waals surface area contributed by atoms with E-state index in [9.17, 15) is 19.3 Å². The van der Waals surface area contributed by atoms with Gasteiger partial charge in [-0.05, 0) is 13.8 Å². The Balaban J connectivity index is 4.63. The molecular weight excluding hydrogens is 264 g/mol. The molecule has 8 nitrogen and oxygen atoms in total. The van der Waals surface area contributed by atoms with E-state index in [2.05, 4.69) is 9.90 Å².